The van der Waals surface area contributed by atoms with Gasteiger partial charge in [0, 0.05) is 7.11 Å². The van der Waals surface area contributed by atoms with E-state index in [9.17, 15) is 0 Å². The molecule has 1 fully saturated rings. The molecule has 2 radical (unpaired) electrons. The maximum atomic E-state index is 5.16. The summed E-state index contributed by atoms with van der Waals surface area (Å²) in [7, 11) is 2.14. The highest BCUT2D eigenvalue weighted by molar-refractivity contribution is 6.26. The van der Waals surface area contributed by atoms with Crippen LogP contribution in [0.3, 0.4) is 0 Å². The molecule has 1 rings (SSSR count). The number of rotatable bonds is 5. The van der Waals surface area contributed by atoms with E-state index in [1.807, 2.05) is 0 Å². The minimum atomic E-state index is 0.381. The Labute approximate surface area is 57.2 Å². The van der Waals surface area contributed by atoms with E-state index in [-0.39, 0.29) is 0 Å². The summed E-state index contributed by atoms with van der Waals surface area (Å²) in [5.41, 5.74) is 0. The second-order valence-corrected chi connectivity index (χ2v) is 2.80. The van der Waals surface area contributed by atoms with Crippen molar-refractivity contribution < 1.29 is 13.9 Å². The van der Waals surface area contributed by atoms with Gasteiger partial charge in [-0.25, -0.2) is 0 Å². The number of hydrogen-bond donors (Lipinski definition) is 0. The van der Waals surface area contributed by atoms with Gasteiger partial charge in [-0.15, -0.1) is 0 Å². The maximum Gasteiger partial charge on any atom is 0.257 e. The molecule has 1 unspecified atom stereocenters. The van der Waals surface area contributed by atoms with Gasteiger partial charge in [-0.1, -0.05) is 0 Å². The molecule has 1 atom stereocenters. The Morgan fingerprint density at radius 3 is 3.11 bits per heavy atom. The lowest BCUT2D eigenvalue weighted by molar-refractivity contribution is 0.146. The van der Waals surface area contributed by atoms with Crippen molar-refractivity contribution in [3.8, 4) is 0 Å². The van der Waals surface area contributed by atoms with E-state index in [0.29, 0.717) is 22.1 Å². The van der Waals surface area contributed by atoms with Crippen LogP contribution < -0.4 is 0 Å². The lowest BCUT2D eigenvalue weighted by Gasteiger charge is -1.96. The van der Waals surface area contributed by atoms with E-state index < -0.39 is 0 Å². The summed E-state index contributed by atoms with van der Waals surface area (Å²) >= 11 is 0. The van der Waals surface area contributed by atoms with Crippen molar-refractivity contribution in [1.82, 2.24) is 0 Å². The van der Waals surface area contributed by atoms with Gasteiger partial charge in [-0.2, -0.15) is 0 Å². The second-order valence-electron chi connectivity index (χ2n) is 1.82. The summed E-state index contributed by atoms with van der Waals surface area (Å²) in [6.07, 6.45) is 1.09. The van der Waals surface area contributed by atoms with Gasteiger partial charge in [-0.05, 0) is 0 Å². The van der Waals surface area contributed by atoms with Crippen LogP contribution in [0, 0.1) is 0 Å². The number of epoxide rings is 1. The van der Waals surface area contributed by atoms with Crippen LogP contribution in [-0.4, -0.2) is 42.4 Å². The zero-order valence-corrected chi connectivity index (χ0v) is 6.42. The Morgan fingerprint density at radius 2 is 2.56 bits per heavy atom. The fraction of sp³-hybridized carbons (Fsp3) is 1.00. The molecule has 9 heavy (non-hydrogen) atoms. The van der Waals surface area contributed by atoms with Crippen molar-refractivity contribution >= 4 is 9.76 Å². The Balaban J connectivity index is 1.71. The summed E-state index contributed by atoms with van der Waals surface area (Å²) < 4.78 is 14.9. The number of hydrogen-bond acceptors (Lipinski definition) is 3. The summed E-state index contributed by atoms with van der Waals surface area (Å²) in [5, 5.41) is 0. The highest BCUT2D eigenvalue weighted by Crippen LogP contribution is 2.07. The Morgan fingerprint density at radius 1 is 1.78 bits per heavy atom. The molecule has 1 heterocycles. The fourth-order valence-electron chi connectivity index (χ4n) is 0.455. The molecule has 3 nitrogen and oxygen atoms in total. The molecule has 0 bridgehead atoms. The van der Waals surface area contributed by atoms with Gasteiger partial charge in [0.05, 0.1) is 19.4 Å². The quantitative estimate of drug-likeness (QED) is 0.301. The lowest BCUT2D eigenvalue weighted by atomic mass is 10.5. The molecular formula is C5H10O3Si. The van der Waals surface area contributed by atoms with Gasteiger partial charge >= 0.3 is 0 Å². The lowest BCUT2D eigenvalue weighted by Crippen LogP contribution is -2.09. The van der Waals surface area contributed by atoms with Crippen LogP contribution >= 0.6 is 0 Å². The van der Waals surface area contributed by atoms with Gasteiger partial charge < -0.3 is 13.9 Å². The Hall–Kier alpha value is 0.0969. The van der Waals surface area contributed by atoms with E-state index in [4.69, 9.17) is 13.9 Å². The second kappa shape index (κ2) is 4.00. The summed E-state index contributed by atoms with van der Waals surface area (Å²) in [6.45, 7) is 1.60. The first-order chi connectivity index (χ1) is 4.43. The fourth-order valence-corrected chi connectivity index (χ4v) is 0.774. The zero-order valence-electron chi connectivity index (χ0n) is 5.42. The number of ether oxygens (including phenoxy) is 2. The highest BCUT2D eigenvalue weighted by atomic mass is 28.2. The third-order valence-corrected chi connectivity index (χ3v) is 1.62. The van der Waals surface area contributed by atoms with E-state index in [1.165, 1.54) is 0 Å². The van der Waals surface area contributed by atoms with Gasteiger partial charge in [0.25, 0.3) is 9.76 Å². The van der Waals surface area contributed by atoms with Gasteiger partial charge in [0.2, 0.25) is 0 Å². The van der Waals surface area contributed by atoms with Crippen LogP contribution in [0.5, 0.6) is 0 Å². The predicted octanol–water partition coefficient (Wildman–Crippen LogP) is -0.375. The van der Waals surface area contributed by atoms with Crippen LogP contribution in [0.4, 0.5) is 0 Å². The van der Waals surface area contributed by atoms with Crippen LogP contribution in [-0.2, 0) is 13.9 Å². The third kappa shape index (κ3) is 3.64. The molecule has 1 saturated heterocycles. The molecule has 0 N–H and O–H groups in total. The Bertz CT molecular complexity index is 74.6. The van der Waals surface area contributed by atoms with Crippen LogP contribution in [0.15, 0.2) is 0 Å². The molecule has 4 heteroatoms. The topological polar surface area (TPSA) is 31.0 Å². The standard InChI is InChI=1S/C5H10O3Si/c1-6-9-4-7-2-5-3-8-5/h5H,2-4H2,1H3. The highest BCUT2D eigenvalue weighted by Gasteiger charge is 2.21. The molecule has 0 aromatic rings. The van der Waals surface area contributed by atoms with Crippen molar-refractivity contribution in [3.63, 3.8) is 0 Å². The molecule has 1 aliphatic rings. The Kier molecular flexibility index (Phi) is 3.20. The average Bonchev–Trinajstić information content (AvgIpc) is 2.63. The molecule has 0 aliphatic carbocycles. The predicted molar refractivity (Wildman–Crippen MR) is 33.3 cm³/mol. The minimum Gasteiger partial charge on any atom is -0.418 e. The molecule has 1 aliphatic heterocycles. The van der Waals surface area contributed by atoms with E-state index in [0.717, 1.165) is 13.2 Å². The molecule has 0 amide bonds. The molecule has 0 aromatic heterocycles. The average molecular weight is 146 g/mol. The summed E-state index contributed by atoms with van der Waals surface area (Å²) in [6, 6.07) is 0. The summed E-state index contributed by atoms with van der Waals surface area (Å²) in [4.78, 5) is 0. The molecule has 52 valence electrons. The van der Waals surface area contributed by atoms with Gasteiger partial charge in [0.15, 0.2) is 0 Å². The van der Waals surface area contributed by atoms with Crippen LogP contribution in [0.2, 0.25) is 0 Å². The molecular weight excluding hydrogens is 136 g/mol. The van der Waals surface area contributed by atoms with Crippen molar-refractivity contribution in [3.05, 3.63) is 0 Å². The van der Waals surface area contributed by atoms with E-state index in [2.05, 4.69) is 0 Å². The first kappa shape index (κ1) is 7.21. The normalized spacial score (nSPS) is 24.3. The maximum absolute atomic E-state index is 5.16. The molecule has 0 saturated carbocycles. The van der Waals surface area contributed by atoms with Gasteiger partial charge in [0.1, 0.15) is 6.10 Å². The van der Waals surface area contributed by atoms with Crippen molar-refractivity contribution in [2.45, 2.75) is 6.10 Å². The van der Waals surface area contributed by atoms with Crippen molar-refractivity contribution in [2.75, 3.05) is 26.6 Å². The van der Waals surface area contributed by atoms with Crippen LogP contribution in [0.1, 0.15) is 0 Å². The van der Waals surface area contributed by atoms with E-state index in [1.54, 1.807) is 7.11 Å². The smallest absolute Gasteiger partial charge is 0.257 e. The van der Waals surface area contributed by atoms with Crippen molar-refractivity contribution in [1.29, 1.82) is 0 Å². The minimum absolute atomic E-state index is 0.381. The van der Waals surface area contributed by atoms with Crippen molar-refractivity contribution in [2.24, 2.45) is 0 Å². The zero-order chi connectivity index (χ0) is 6.53. The molecule has 0 aromatic carbocycles. The first-order valence-electron chi connectivity index (χ1n) is 2.88. The van der Waals surface area contributed by atoms with Gasteiger partial charge in [-0.3, -0.25) is 0 Å². The van der Waals surface area contributed by atoms with E-state index >= 15 is 0 Å². The largest absolute Gasteiger partial charge is 0.418 e. The molecule has 0 spiro atoms. The summed E-state index contributed by atoms with van der Waals surface area (Å²) in [5.74, 6) is 0. The SMILES string of the molecule is CO[Si]COCC1CO1. The first-order valence-corrected chi connectivity index (χ1v) is 4.00. The van der Waals surface area contributed by atoms with Crippen LogP contribution in [0.25, 0.3) is 0 Å². The third-order valence-electron chi connectivity index (χ3n) is 1.01. The monoisotopic (exact) mass is 146 g/mol.